The summed E-state index contributed by atoms with van der Waals surface area (Å²) in [6.45, 7) is 10.1. The van der Waals surface area contributed by atoms with Crippen molar-refractivity contribution < 1.29 is 0 Å². The van der Waals surface area contributed by atoms with Crippen molar-refractivity contribution in [3.63, 3.8) is 0 Å². The van der Waals surface area contributed by atoms with Crippen molar-refractivity contribution in [2.24, 2.45) is 0 Å². The van der Waals surface area contributed by atoms with Crippen molar-refractivity contribution in [1.82, 2.24) is 9.55 Å². The van der Waals surface area contributed by atoms with Crippen LogP contribution in [0, 0.1) is 18.3 Å². The van der Waals surface area contributed by atoms with Gasteiger partial charge in [-0.2, -0.15) is 5.26 Å². The summed E-state index contributed by atoms with van der Waals surface area (Å²) < 4.78 is 1.51. The smallest absolute Gasteiger partial charge is 0.293 e. The standard InChI is InChI=1S/C18H19N3O2/c1-5-15-16(21(6-2)18(23)20-17(15)22)12(4)14-8-11(3)7-13(9-14)10-19/h7-9H,4-6H2,1-3H3,(H,20,22,23). The Kier molecular flexibility index (Phi) is 4.65. The zero-order chi connectivity index (χ0) is 17.1. The van der Waals surface area contributed by atoms with Crippen LogP contribution in [-0.4, -0.2) is 9.55 Å². The van der Waals surface area contributed by atoms with Crippen LogP contribution in [0.15, 0.2) is 34.4 Å². The van der Waals surface area contributed by atoms with E-state index in [0.29, 0.717) is 35.4 Å². The largest absolute Gasteiger partial charge is 0.328 e. The van der Waals surface area contributed by atoms with E-state index in [1.54, 1.807) is 12.1 Å². The third-order valence-electron chi connectivity index (χ3n) is 3.81. The topological polar surface area (TPSA) is 78.7 Å². The number of nitrogens with zero attached hydrogens (tertiary/aromatic N) is 2. The maximum atomic E-state index is 12.1. The fourth-order valence-corrected chi connectivity index (χ4v) is 2.75. The molecule has 0 saturated carbocycles. The summed E-state index contributed by atoms with van der Waals surface area (Å²) in [5.74, 6) is 0. The van der Waals surface area contributed by atoms with E-state index >= 15 is 0 Å². The van der Waals surface area contributed by atoms with E-state index in [-0.39, 0.29) is 5.56 Å². The second kappa shape index (κ2) is 6.49. The molecule has 1 aromatic carbocycles. The van der Waals surface area contributed by atoms with E-state index in [4.69, 9.17) is 5.26 Å². The molecule has 118 valence electrons. The van der Waals surface area contributed by atoms with Gasteiger partial charge >= 0.3 is 5.69 Å². The molecule has 0 aliphatic heterocycles. The Hall–Kier alpha value is -2.87. The third-order valence-corrected chi connectivity index (χ3v) is 3.81. The summed E-state index contributed by atoms with van der Waals surface area (Å²) >= 11 is 0. The van der Waals surface area contributed by atoms with Crippen LogP contribution >= 0.6 is 0 Å². The molecule has 0 spiro atoms. The summed E-state index contributed by atoms with van der Waals surface area (Å²) in [5.41, 5.74) is 3.00. The van der Waals surface area contributed by atoms with E-state index in [1.807, 2.05) is 26.8 Å². The molecule has 0 radical (unpaired) electrons. The minimum atomic E-state index is -0.445. The van der Waals surface area contributed by atoms with Crippen LogP contribution in [0.5, 0.6) is 0 Å². The van der Waals surface area contributed by atoms with Crippen LogP contribution in [0.3, 0.4) is 0 Å². The second-order valence-electron chi connectivity index (χ2n) is 5.36. The first kappa shape index (κ1) is 16.5. The van der Waals surface area contributed by atoms with E-state index in [0.717, 1.165) is 11.1 Å². The first-order chi connectivity index (χ1) is 10.9. The van der Waals surface area contributed by atoms with Gasteiger partial charge in [0.25, 0.3) is 5.56 Å². The monoisotopic (exact) mass is 309 g/mol. The summed E-state index contributed by atoms with van der Waals surface area (Å²) in [6.07, 6.45) is 0.487. The lowest BCUT2D eigenvalue weighted by molar-refractivity contribution is 0.672. The molecule has 5 heteroatoms. The number of aromatic nitrogens is 2. The summed E-state index contributed by atoms with van der Waals surface area (Å²) in [5, 5.41) is 9.14. The van der Waals surface area contributed by atoms with Crippen molar-refractivity contribution in [2.75, 3.05) is 0 Å². The van der Waals surface area contributed by atoms with Gasteiger partial charge in [-0.15, -0.1) is 0 Å². The second-order valence-corrected chi connectivity index (χ2v) is 5.36. The highest BCUT2D eigenvalue weighted by Crippen LogP contribution is 2.24. The number of aryl methyl sites for hydroxylation is 1. The zero-order valence-corrected chi connectivity index (χ0v) is 13.6. The number of nitriles is 1. The predicted molar refractivity (Wildman–Crippen MR) is 90.4 cm³/mol. The average Bonchev–Trinajstić information content (AvgIpc) is 2.52. The van der Waals surface area contributed by atoms with Gasteiger partial charge in [0.05, 0.1) is 17.3 Å². The fourth-order valence-electron chi connectivity index (χ4n) is 2.75. The molecule has 23 heavy (non-hydrogen) atoms. The van der Waals surface area contributed by atoms with Crippen LogP contribution in [0.4, 0.5) is 0 Å². The average molecular weight is 309 g/mol. The van der Waals surface area contributed by atoms with Gasteiger partial charge in [0.15, 0.2) is 0 Å². The molecular weight excluding hydrogens is 290 g/mol. The molecule has 0 unspecified atom stereocenters. The number of benzene rings is 1. The van der Waals surface area contributed by atoms with E-state index in [9.17, 15) is 9.59 Å². The molecule has 0 saturated heterocycles. The maximum Gasteiger partial charge on any atom is 0.328 e. The molecular formula is C18H19N3O2. The van der Waals surface area contributed by atoms with Crippen LogP contribution < -0.4 is 11.2 Å². The maximum absolute atomic E-state index is 12.1. The zero-order valence-electron chi connectivity index (χ0n) is 13.6. The Morgan fingerprint density at radius 2 is 2.00 bits per heavy atom. The molecule has 0 atom stereocenters. The van der Waals surface area contributed by atoms with Crippen molar-refractivity contribution >= 4 is 5.57 Å². The lowest BCUT2D eigenvalue weighted by Crippen LogP contribution is -2.34. The molecule has 0 amide bonds. The van der Waals surface area contributed by atoms with Gasteiger partial charge in [0.1, 0.15) is 0 Å². The normalized spacial score (nSPS) is 10.3. The summed E-state index contributed by atoms with van der Waals surface area (Å²) in [4.78, 5) is 26.6. The van der Waals surface area contributed by atoms with Crippen molar-refractivity contribution in [1.29, 1.82) is 5.26 Å². The minimum absolute atomic E-state index is 0.383. The van der Waals surface area contributed by atoms with Crippen LogP contribution in [0.2, 0.25) is 0 Å². The van der Waals surface area contributed by atoms with E-state index < -0.39 is 5.69 Å². The summed E-state index contributed by atoms with van der Waals surface area (Å²) in [7, 11) is 0. The van der Waals surface area contributed by atoms with Crippen LogP contribution in [0.1, 0.15) is 41.8 Å². The van der Waals surface area contributed by atoms with Gasteiger partial charge in [-0.25, -0.2) is 4.79 Å². The number of rotatable bonds is 4. The Bertz CT molecular complexity index is 890. The summed E-state index contributed by atoms with van der Waals surface area (Å²) in [6, 6.07) is 7.52. The van der Waals surface area contributed by atoms with Crippen molar-refractivity contribution in [3.05, 3.63) is 73.6 Å². The lowest BCUT2D eigenvalue weighted by atomic mass is 9.96. The molecule has 5 nitrogen and oxygen atoms in total. The van der Waals surface area contributed by atoms with E-state index in [2.05, 4.69) is 17.6 Å². The quantitative estimate of drug-likeness (QED) is 0.941. The fraction of sp³-hybridized carbons (Fsp3) is 0.278. The number of aromatic amines is 1. The van der Waals surface area contributed by atoms with E-state index in [1.165, 1.54) is 4.57 Å². The molecule has 0 fully saturated rings. The molecule has 2 aromatic rings. The van der Waals surface area contributed by atoms with Crippen LogP contribution in [0.25, 0.3) is 5.57 Å². The SMILES string of the molecule is C=C(c1cc(C)cc(C#N)c1)c1c(CC)c(=O)[nH]c(=O)n1CC. The minimum Gasteiger partial charge on any atom is -0.293 e. The highest BCUT2D eigenvalue weighted by molar-refractivity contribution is 5.78. The number of nitrogens with one attached hydrogen (secondary N) is 1. The number of H-pyrrole nitrogens is 1. The molecule has 0 bridgehead atoms. The van der Waals surface area contributed by atoms with Crippen molar-refractivity contribution in [3.8, 4) is 6.07 Å². The molecule has 0 aliphatic rings. The van der Waals surface area contributed by atoms with Gasteiger partial charge in [-0.05, 0) is 49.1 Å². The number of hydrogen-bond donors (Lipinski definition) is 1. The van der Waals surface area contributed by atoms with Crippen molar-refractivity contribution in [2.45, 2.75) is 33.7 Å². The van der Waals surface area contributed by atoms with Gasteiger partial charge in [-0.3, -0.25) is 14.3 Å². The van der Waals surface area contributed by atoms with Gasteiger partial charge in [-0.1, -0.05) is 19.6 Å². The third kappa shape index (κ3) is 3.02. The first-order valence-corrected chi connectivity index (χ1v) is 7.50. The lowest BCUT2D eigenvalue weighted by Gasteiger charge is -2.17. The highest BCUT2D eigenvalue weighted by atomic mass is 16.2. The molecule has 2 rings (SSSR count). The Morgan fingerprint density at radius 1 is 1.30 bits per heavy atom. The molecule has 1 N–H and O–H groups in total. The molecule has 1 heterocycles. The predicted octanol–water partition coefficient (Wildman–Crippen LogP) is 2.36. The van der Waals surface area contributed by atoms with Gasteiger partial charge in [0, 0.05) is 12.1 Å². The van der Waals surface area contributed by atoms with Gasteiger partial charge in [0.2, 0.25) is 0 Å². The van der Waals surface area contributed by atoms with Crippen LogP contribution in [-0.2, 0) is 13.0 Å². The first-order valence-electron chi connectivity index (χ1n) is 7.50. The Morgan fingerprint density at radius 3 is 2.57 bits per heavy atom. The molecule has 0 aliphatic carbocycles. The van der Waals surface area contributed by atoms with Gasteiger partial charge < -0.3 is 0 Å². The molecule has 1 aromatic heterocycles. The highest BCUT2D eigenvalue weighted by Gasteiger charge is 2.17. The number of hydrogen-bond acceptors (Lipinski definition) is 3. The Labute approximate surface area is 134 Å². The Balaban J connectivity index is 2.78.